The van der Waals surface area contributed by atoms with Crippen LogP contribution in [0.15, 0.2) is 52.3 Å². The third kappa shape index (κ3) is 3.43. The number of rotatable bonds is 4. The van der Waals surface area contributed by atoms with E-state index in [4.69, 9.17) is 27.5 Å². The molecule has 0 aliphatic carbocycles. The van der Waals surface area contributed by atoms with Crippen molar-refractivity contribution in [2.45, 2.75) is 9.79 Å². The Labute approximate surface area is 121 Å². The van der Waals surface area contributed by atoms with E-state index < -0.39 is 0 Å². The van der Waals surface area contributed by atoms with Crippen molar-refractivity contribution in [3.63, 3.8) is 0 Å². The Bertz CT molecular complexity index is 599. The van der Waals surface area contributed by atoms with Crippen molar-refractivity contribution < 1.29 is 4.74 Å². The Morgan fingerprint density at radius 2 is 1.89 bits per heavy atom. The van der Waals surface area contributed by atoms with Gasteiger partial charge in [0.25, 0.3) is 0 Å². The van der Waals surface area contributed by atoms with E-state index in [0.29, 0.717) is 10.6 Å². The van der Waals surface area contributed by atoms with E-state index in [2.05, 4.69) is 0 Å². The third-order valence-electron chi connectivity index (χ3n) is 2.52. The molecule has 98 valence electrons. The number of methoxy groups -OCH3 is 1. The Hall–Kier alpha value is -1.65. The molecule has 0 atom stereocenters. The van der Waals surface area contributed by atoms with Gasteiger partial charge in [-0.2, -0.15) is 0 Å². The number of nitrogens with two attached hydrogens (primary N) is 1. The average Bonchev–Trinajstić information content (AvgIpc) is 2.41. The van der Waals surface area contributed by atoms with E-state index in [0.717, 1.165) is 15.5 Å². The van der Waals surface area contributed by atoms with Crippen molar-refractivity contribution >= 4 is 29.2 Å². The second-order valence-electron chi connectivity index (χ2n) is 3.83. The van der Waals surface area contributed by atoms with Gasteiger partial charge in [-0.3, -0.25) is 5.41 Å². The summed E-state index contributed by atoms with van der Waals surface area (Å²) in [6, 6.07) is 13.1. The topological polar surface area (TPSA) is 59.1 Å². The van der Waals surface area contributed by atoms with Gasteiger partial charge >= 0.3 is 0 Å². The van der Waals surface area contributed by atoms with Crippen LogP contribution in [-0.2, 0) is 0 Å². The fraction of sp³-hybridized carbons (Fsp3) is 0.0714. The first-order valence-corrected chi connectivity index (χ1v) is 6.75. The maximum atomic E-state index is 7.59. The average molecular weight is 293 g/mol. The van der Waals surface area contributed by atoms with Gasteiger partial charge in [-0.05, 0) is 42.5 Å². The molecule has 0 aliphatic rings. The second kappa shape index (κ2) is 5.99. The van der Waals surface area contributed by atoms with Crippen molar-refractivity contribution in [1.82, 2.24) is 0 Å². The van der Waals surface area contributed by atoms with Gasteiger partial charge in [0.2, 0.25) is 0 Å². The fourth-order valence-corrected chi connectivity index (χ4v) is 2.69. The molecule has 3 nitrogen and oxygen atoms in total. The summed E-state index contributed by atoms with van der Waals surface area (Å²) >= 11 is 7.46. The number of nitrogen functional groups attached to an aromatic ring is 1. The van der Waals surface area contributed by atoms with Crippen LogP contribution in [0.1, 0.15) is 5.56 Å². The highest BCUT2D eigenvalue weighted by Gasteiger charge is 2.08. The zero-order valence-electron chi connectivity index (χ0n) is 10.3. The number of benzene rings is 2. The van der Waals surface area contributed by atoms with Gasteiger partial charge in [-0.15, -0.1) is 0 Å². The molecule has 0 fully saturated rings. The van der Waals surface area contributed by atoms with Gasteiger partial charge in [0, 0.05) is 20.4 Å². The molecule has 0 bridgehead atoms. The van der Waals surface area contributed by atoms with Crippen LogP contribution in [0.25, 0.3) is 0 Å². The minimum absolute atomic E-state index is 0.0125. The van der Waals surface area contributed by atoms with E-state index >= 15 is 0 Å². The fourth-order valence-electron chi connectivity index (χ4n) is 1.57. The standard InChI is InChI=1S/C14H13ClN2OS/c1-18-10-3-5-11(6-4-10)19-13-7-2-9(15)8-12(13)14(16)17/h2-8H,1H3,(H3,16,17). The van der Waals surface area contributed by atoms with E-state index in [1.165, 1.54) is 11.8 Å². The summed E-state index contributed by atoms with van der Waals surface area (Å²) < 4.78 is 5.12. The molecule has 0 aromatic heterocycles. The molecular weight excluding hydrogens is 280 g/mol. The zero-order valence-corrected chi connectivity index (χ0v) is 11.9. The first kappa shape index (κ1) is 13.8. The number of halogens is 1. The number of nitrogens with one attached hydrogen (secondary N) is 1. The molecule has 19 heavy (non-hydrogen) atoms. The molecule has 0 amide bonds. The van der Waals surface area contributed by atoms with Gasteiger partial charge in [0.1, 0.15) is 11.6 Å². The van der Waals surface area contributed by atoms with Gasteiger partial charge in [0.05, 0.1) is 7.11 Å². The second-order valence-corrected chi connectivity index (χ2v) is 5.38. The maximum absolute atomic E-state index is 7.59. The van der Waals surface area contributed by atoms with Crippen LogP contribution in [0.4, 0.5) is 0 Å². The lowest BCUT2D eigenvalue weighted by molar-refractivity contribution is 0.414. The largest absolute Gasteiger partial charge is 0.497 e. The SMILES string of the molecule is COc1ccc(Sc2ccc(Cl)cc2C(=N)N)cc1. The quantitative estimate of drug-likeness (QED) is 0.666. The normalized spacial score (nSPS) is 10.2. The van der Waals surface area contributed by atoms with Crippen LogP contribution < -0.4 is 10.5 Å². The van der Waals surface area contributed by atoms with Gasteiger partial charge < -0.3 is 10.5 Å². The lowest BCUT2D eigenvalue weighted by Crippen LogP contribution is -2.12. The predicted octanol–water partition coefficient (Wildman–Crippen LogP) is 3.78. The van der Waals surface area contributed by atoms with E-state index in [1.54, 1.807) is 19.2 Å². The minimum Gasteiger partial charge on any atom is -0.497 e. The van der Waals surface area contributed by atoms with Crippen LogP contribution in [0.3, 0.4) is 0 Å². The molecule has 2 aromatic rings. The van der Waals surface area contributed by atoms with Crippen molar-refractivity contribution in [1.29, 1.82) is 5.41 Å². The Morgan fingerprint density at radius 3 is 2.47 bits per heavy atom. The molecule has 0 aliphatic heterocycles. The van der Waals surface area contributed by atoms with Crippen LogP contribution in [0.2, 0.25) is 5.02 Å². The Balaban J connectivity index is 2.29. The van der Waals surface area contributed by atoms with E-state index in [9.17, 15) is 0 Å². The summed E-state index contributed by atoms with van der Waals surface area (Å²) in [5, 5.41) is 8.16. The van der Waals surface area contributed by atoms with Gasteiger partial charge in [-0.1, -0.05) is 23.4 Å². The summed E-state index contributed by atoms with van der Waals surface area (Å²) in [4.78, 5) is 1.95. The third-order valence-corrected chi connectivity index (χ3v) is 3.84. The van der Waals surface area contributed by atoms with Crippen molar-refractivity contribution in [2.75, 3.05) is 7.11 Å². The molecule has 0 unspecified atom stereocenters. The highest BCUT2D eigenvalue weighted by molar-refractivity contribution is 7.99. The van der Waals surface area contributed by atoms with Gasteiger partial charge in [0.15, 0.2) is 0 Å². The monoisotopic (exact) mass is 292 g/mol. The highest BCUT2D eigenvalue weighted by Crippen LogP contribution is 2.32. The predicted molar refractivity (Wildman–Crippen MR) is 79.6 cm³/mol. The van der Waals surface area contributed by atoms with Crippen LogP contribution in [0, 0.1) is 5.41 Å². The molecule has 2 aromatic carbocycles. The molecule has 3 N–H and O–H groups in total. The number of ether oxygens (including phenoxy) is 1. The van der Waals surface area contributed by atoms with E-state index in [1.807, 2.05) is 30.3 Å². The molecule has 2 rings (SSSR count). The van der Waals surface area contributed by atoms with E-state index in [-0.39, 0.29) is 5.84 Å². The molecule has 0 heterocycles. The number of hydrogen-bond acceptors (Lipinski definition) is 3. The Morgan fingerprint density at radius 1 is 1.21 bits per heavy atom. The zero-order chi connectivity index (χ0) is 13.8. The Kier molecular flexibility index (Phi) is 4.35. The lowest BCUT2D eigenvalue weighted by atomic mass is 10.2. The summed E-state index contributed by atoms with van der Waals surface area (Å²) in [5.74, 6) is 0.825. The van der Waals surface area contributed by atoms with Crippen LogP contribution >= 0.6 is 23.4 Å². The summed E-state index contributed by atoms with van der Waals surface area (Å²) in [6.45, 7) is 0. The molecule has 0 saturated carbocycles. The lowest BCUT2D eigenvalue weighted by Gasteiger charge is -2.09. The van der Waals surface area contributed by atoms with Crippen molar-refractivity contribution in [2.24, 2.45) is 5.73 Å². The summed E-state index contributed by atoms with van der Waals surface area (Å²) in [6.07, 6.45) is 0. The molecular formula is C14H13ClN2OS. The van der Waals surface area contributed by atoms with Crippen LogP contribution in [-0.4, -0.2) is 12.9 Å². The van der Waals surface area contributed by atoms with Crippen LogP contribution in [0.5, 0.6) is 5.75 Å². The summed E-state index contributed by atoms with van der Waals surface area (Å²) in [7, 11) is 1.63. The number of amidine groups is 1. The smallest absolute Gasteiger partial charge is 0.123 e. The van der Waals surface area contributed by atoms with Crippen molar-refractivity contribution in [3.8, 4) is 5.75 Å². The molecule has 0 saturated heterocycles. The maximum Gasteiger partial charge on any atom is 0.123 e. The number of hydrogen-bond donors (Lipinski definition) is 2. The first-order chi connectivity index (χ1) is 9.10. The highest BCUT2D eigenvalue weighted by atomic mass is 35.5. The molecule has 5 heteroatoms. The first-order valence-electron chi connectivity index (χ1n) is 5.56. The van der Waals surface area contributed by atoms with Crippen molar-refractivity contribution in [3.05, 3.63) is 53.1 Å². The molecule has 0 radical (unpaired) electrons. The van der Waals surface area contributed by atoms with Gasteiger partial charge in [-0.25, -0.2) is 0 Å². The summed E-state index contributed by atoms with van der Waals surface area (Å²) in [5.41, 5.74) is 6.22. The minimum atomic E-state index is 0.0125. The molecule has 0 spiro atoms.